The molecule has 0 spiro atoms. The molecule has 1 aromatic carbocycles. The highest BCUT2D eigenvalue weighted by Gasteiger charge is 2.36. The van der Waals surface area contributed by atoms with Gasteiger partial charge in [-0.05, 0) is 43.9 Å². The number of hydrogen-bond acceptors (Lipinski definition) is 6. The van der Waals surface area contributed by atoms with Crippen LogP contribution in [0.15, 0.2) is 40.5 Å². The third kappa shape index (κ3) is 4.29. The molecular weight excluding hydrogens is 404 g/mol. The predicted molar refractivity (Wildman–Crippen MR) is 121 cm³/mol. The van der Waals surface area contributed by atoms with Crippen molar-refractivity contribution in [3.05, 3.63) is 68.3 Å². The number of nitrogens with zero attached hydrogens (tertiary/aromatic N) is 2. The molecule has 1 aliphatic rings. The third-order valence-electron chi connectivity index (χ3n) is 5.88. The van der Waals surface area contributed by atoms with Gasteiger partial charge in [0.15, 0.2) is 5.78 Å². The first-order valence-corrected chi connectivity index (χ1v) is 10.5. The summed E-state index contributed by atoms with van der Waals surface area (Å²) in [6, 6.07) is 9.25. The van der Waals surface area contributed by atoms with Crippen LogP contribution in [0, 0.1) is 35.5 Å². The second-order valence-corrected chi connectivity index (χ2v) is 8.18. The van der Waals surface area contributed by atoms with Crippen LogP contribution in [0.4, 0.5) is 5.69 Å². The monoisotopic (exact) mass is 430 g/mol. The molecule has 1 aromatic heterocycles. The highest BCUT2D eigenvalue weighted by atomic mass is 16.5. The van der Waals surface area contributed by atoms with Crippen LogP contribution in [0.5, 0.6) is 5.75 Å². The Morgan fingerprint density at radius 3 is 2.69 bits per heavy atom. The van der Waals surface area contributed by atoms with E-state index in [2.05, 4.69) is 22.4 Å². The summed E-state index contributed by atoms with van der Waals surface area (Å²) >= 11 is 0. The topological polar surface area (TPSA) is 119 Å². The van der Waals surface area contributed by atoms with E-state index < -0.39 is 5.92 Å². The van der Waals surface area contributed by atoms with Crippen molar-refractivity contribution >= 4 is 11.5 Å². The van der Waals surface area contributed by atoms with Crippen molar-refractivity contribution in [2.75, 3.05) is 12.4 Å². The molecule has 3 rings (SSSR count). The van der Waals surface area contributed by atoms with Gasteiger partial charge in [-0.1, -0.05) is 13.0 Å². The van der Waals surface area contributed by atoms with Gasteiger partial charge in [-0.25, -0.2) is 0 Å². The lowest BCUT2D eigenvalue weighted by Crippen LogP contribution is -2.30. The summed E-state index contributed by atoms with van der Waals surface area (Å²) in [5.74, 6) is -0.252. The van der Waals surface area contributed by atoms with E-state index in [9.17, 15) is 14.9 Å². The summed E-state index contributed by atoms with van der Waals surface area (Å²) in [5.41, 5.74) is 3.95. The number of nitriles is 2. The lowest BCUT2D eigenvalue weighted by Gasteiger charge is -2.32. The van der Waals surface area contributed by atoms with Crippen molar-refractivity contribution in [3.8, 4) is 17.9 Å². The zero-order chi connectivity index (χ0) is 23.4. The zero-order valence-electron chi connectivity index (χ0n) is 18.7. The van der Waals surface area contributed by atoms with Crippen molar-refractivity contribution in [2.24, 2.45) is 5.92 Å². The molecule has 0 radical (unpaired) electrons. The second-order valence-electron chi connectivity index (χ2n) is 8.18. The second kappa shape index (κ2) is 9.53. The van der Waals surface area contributed by atoms with Gasteiger partial charge in [-0.2, -0.15) is 10.5 Å². The minimum Gasteiger partial charge on any atom is -0.496 e. The van der Waals surface area contributed by atoms with Gasteiger partial charge in [-0.3, -0.25) is 9.59 Å². The van der Waals surface area contributed by atoms with Crippen LogP contribution < -0.4 is 15.6 Å². The first-order valence-electron chi connectivity index (χ1n) is 10.5. The predicted octanol–water partition coefficient (Wildman–Crippen LogP) is 4.29. The molecule has 2 atom stereocenters. The molecule has 0 bridgehead atoms. The van der Waals surface area contributed by atoms with E-state index in [-0.39, 0.29) is 23.7 Å². The Hall–Kier alpha value is -3.84. The number of fused-ring (bicyclic) bond motifs is 1. The van der Waals surface area contributed by atoms with Gasteiger partial charge in [0.25, 0.3) is 5.56 Å². The fourth-order valence-electron chi connectivity index (χ4n) is 4.25. The summed E-state index contributed by atoms with van der Waals surface area (Å²) in [6.45, 7) is 5.67. The van der Waals surface area contributed by atoms with E-state index in [0.29, 0.717) is 52.2 Å². The summed E-state index contributed by atoms with van der Waals surface area (Å²) < 4.78 is 5.57. The molecule has 0 fully saturated rings. The lowest BCUT2D eigenvalue weighted by molar-refractivity contribution is -0.116. The number of pyridine rings is 1. The number of Topliss-reactive ketones (excluding diaryl/α,β-unsaturated/α-hetero) is 1. The number of aryl methyl sites for hydroxylation is 1. The zero-order valence-corrected chi connectivity index (χ0v) is 18.7. The number of nitrogens with one attached hydrogen (secondary N) is 2. The Morgan fingerprint density at radius 1 is 1.28 bits per heavy atom. The van der Waals surface area contributed by atoms with Crippen molar-refractivity contribution < 1.29 is 9.53 Å². The third-order valence-corrected chi connectivity index (χ3v) is 5.88. The average molecular weight is 431 g/mol. The summed E-state index contributed by atoms with van der Waals surface area (Å²) in [5, 5.41) is 21.4. The number of aromatic amines is 1. The molecule has 7 heteroatoms. The molecular formula is C25H26N4O3. The molecule has 2 aromatic rings. The van der Waals surface area contributed by atoms with E-state index >= 15 is 0 Å². The van der Waals surface area contributed by atoms with E-state index in [1.54, 1.807) is 24.4 Å². The highest BCUT2D eigenvalue weighted by molar-refractivity contribution is 6.00. The molecule has 0 aliphatic carbocycles. The molecule has 2 N–H and O–H groups in total. The van der Waals surface area contributed by atoms with Crippen LogP contribution in [0.2, 0.25) is 0 Å². The number of benzene rings is 1. The number of H-pyrrole nitrogens is 1. The molecule has 2 heterocycles. The van der Waals surface area contributed by atoms with Crippen LogP contribution in [0.25, 0.3) is 0 Å². The Morgan fingerprint density at radius 2 is 2.03 bits per heavy atom. The molecule has 0 amide bonds. The Balaban J connectivity index is 2.21. The molecule has 164 valence electrons. The number of methoxy groups -OCH3 is 1. The van der Waals surface area contributed by atoms with E-state index in [4.69, 9.17) is 10.00 Å². The Bertz CT molecular complexity index is 1230. The summed E-state index contributed by atoms with van der Waals surface area (Å²) in [7, 11) is 1.50. The number of anilines is 1. The first-order chi connectivity index (χ1) is 15.3. The van der Waals surface area contributed by atoms with Gasteiger partial charge in [-0.15, -0.1) is 0 Å². The molecule has 0 saturated carbocycles. The first kappa shape index (κ1) is 22.8. The van der Waals surface area contributed by atoms with E-state index in [1.165, 1.54) is 7.11 Å². The highest BCUT2D eigenvalue weighted by Crippen LogP contribution is 2.45. The fraction of sp³-hybridized carbons (Fsp3) is 0.360. The molecule has 2 unspecified atom stereocenters. The maximum Gasteiger partial charge on any atom is 0.254 e. The Kier molecular flexibility index (Phi) is 6.80. The minimum atomic E-state index is -0.645. The maximum absolute atomic E-state index is 13.5. The summed E-state index contributed by atoms with van der Waals surface area (Å²) in [4.78, 5) is 29.3. The SMILES string of the molecule is COc1cc(C#N)ccc1C1C(C(=O)CC(C)CCC#N)=C(C)Nc2c(C)c[nH]c(=O)c21. The number of allylic oxidation sites excluding steroid dienone is 2. The number of carbonyl (C=O) groups excluding carboxylic acids is 1. The number of ketones is 1. The molecule has 1 aliphatic heterocycles. The van der Waals surface area contributed by atoms with Crippen LogP contribution in [0.3, 0.4) is 0 Å². The number of carbonyl (C=O) groups is 1. The molecule has 0 saturated heterocycles. The van der Waals surface area contributed by atoms with Crippen LogP contribution in [-0.4, -0.2) is 17.9 Å². The quantitative estimate of drug-likeness (QED) is 0.676. The van der Waals surface area contributed by atoms with E-state index in [1.807, 2.05) is 20.8 Å². The van der Waals surface area contributed by atoms with Gasteiger partial charge in [0.05, 0.1) is 42.0 Å². The Labute approximate surface area is 187 Å². The standard InChI is InChI=1S/C25H26N4O3/c1-14(6-5-9-26)10-19(30)21-16(3)29-24-15(2)13-28-25(31)23(24)22(21)18-8-7-17(12-27)11-20(18)32-4/h7-8,11,13-14,22,29H,5-6,10H2,1-4H3,(H,28,31). The lowest BCUT2D eigenvalue weighted by atomic mass is 9.77. The van der Waals surface area contributed by atoms with E-state index in [0.717, 1.165) is 5.56 Å². The van der Waals surface area contributed by atoms with Crippen molar-refractivity contribution in [3.63, 3.8) is 0 Å². The smallest absolute Gasteiger partial charge is 0.254 e. The minimum absolute atomic E-state index is 0.0307. The summed E-state index contributed by atoms with van der Waals surface area (Å²) in [6.07, 6.45) is 2.93. The van der Waals surface area contributed by atoms with Gasteiger partial charge in [0.2, 0.25) is 0 Å². The average Bonchev–Trinajstić information content (AvgIpc) is 2.78. The van der Waals surface area contributed by atoms with Crippen molar-refractivity contribution in [1.82, 2.24) is 4.98 Å². The molecule has 7 nitrogen and oxygen atoms in total. The largest absolute Gasteiger partial charge is 0.496 e. The van der Waals surface area contributed by atoms with Crippen LogP contribution >= 0.6 is 0 Å². The number of aromatic nitrogens is 1. The van der Waals surface area contributed by atoms with Gasteiger partial charge in [0.1, 0.15) is 5.75 Å². The molecule has 32 heavy (non-hydrogen) atoms. The van der Waals surface area contributed by atoms with Gasteiger partial charge < -0.3 is 15.0 Å². The fourth-order valence-corrected chi connectivity index (χ4v) is 4.25. The number of rotatable bonds is 7. The number of hydrogen-bond donors (Lipinski definition) is 2. The maximum atomic E-state index is 13.5. The van der Waals surface area contributed by atoms with Crippen LogP contribution in [-0.2, 0) is 4.79 Å². The normalized spacial score (nSPS) is 15.8. The van der Waals surface area contributed by atoms with Crippen LogP contribution in [0.1, 0.15) is 61.3 Å². The van der Waals surface area contributed by atoms with Gasteiger partial charge in [0, 0.05) is 35.9 Å². The van der Waals surface area contributed by atoms with Crippen molar-refractivity contribution in [2.45, 2.75) is 46.0 Å². The van der Waals surface area contributed by atoms with Gasteiger partial charge >= 0.3 is 0 Å². The van der Waals surface area contributed by atoms with Crippen molar-refractivity contribution in [1.29, 1.82) is 10.5 Å². The number of ether oxygens (including phenoxy) is 1.